The van der Waals surface area contributed by atoms with Gasteiger partial charge < -0.3 is 5.11 Å². The van der Waals surface area contributed by atoms with Crippen molar-refractivity contribution >= 4 is 11.8 Å². The Kier molecular flexibility index (Phi) is 3.93. The van der Waals surface area contributed by atoms with Crippen molar-refractivity contribution in [2.75, 3.05) is 0 Å². The molecule has 1 aliphatic heterocycles. The molecule has 3 unspecified atom stereocenters. The van der Waals surface area contributed by atoms with Gasteiger partial charge in [0.2, 0.25) is 0 Å². The van der Waals surface area contributed by atoms with E-state index >= 15 is 0 Å². The van der Waals surface area contributed by atoms with Crippen LogP contribution in [0, 0.1) is 5.92 Å². The van der Waals surface area contributed by atoms with Gasteiger partial charge in [-0.25, -0.2) is 0 Å². The fourth-order valence-corrected chi connectivity index (χ4v) is 3.85. The van der Waals surface area contributed by atoms with Gasteiger partial charge in [0.25, 0.3) is 0 Å². The molecular formula is C14H20OS. The minimum Gasteiger partial charge on any atom is -0.393 e. The fraction of sp³-hybridized carbons (Fsp3) is 0.571. The maximum absolute atomic E-state index is 9.68. The first-order valence-electron chi connectivity index (χ1n) is 6.13. The van der Waals surface area contributed by atoms with E-state index in [1.54, 1.807) is 0 Å². The lowest BCUT2D eigenvalue weighted by Crippen LogP contribution is -2.20. The quantitative estimate of drug-likeness (QED) is 0.863. The summed E-state index contributed by atoms with van der Waals surface area (Å²) in [5.41, 5.74) is 1.48. The standard InChI is InChI=1S/C14H20OS/c1-3-11(10(2)15)8-13-9-12-6-4-5-7-14(12)16-13/h4-7,10-11,13,15H,3,8-9H2,1-2H3. The first-order chi connectivity index (χ1) is 7.70. The van der Waals surface area contributed by atoms with Crippen LogP contribution in [0.3, 0.4) is 0 Å². The molecule has 1 aromatic rings. The van der Waals surface area contributed by atoms with Crippen molar-refractivity contribution < 1.29 is 5.11 Å². The van der Waals surface area contributed by atoms with Crippen LogP contribution in [0.4, 0.5) is 0 Å². The molecule has 1 heterocycles. The Morgan fingerprint density at radius 2 is 2.19 bits per heavy atom. The van der Waals surface area contributed by atoms with Crippen LogP contribution in [0.15, 0.2) is 29.2 Å². The van der Waals surface area contributed by atoms with E-state index in [4.69, 9.17) is 0 Å². The van der Waals surface area contributed by atoms with Crippen LogP contribution in [-0.2, 0) is 6.42 Å². The highest BCUT2D eigenvalue weighted by molar-refractivity contribution is 8.00. The first-order valence-corrected chi connectivity index (χ1v) is 7.01. The van der Waals surface area contributed by atoms with Crippen molar-refractivity contribution in [2.45, 2.75) is 49.4 Å². The number of benzene rings is 1. The predicted octanol–water partition coefficient (Wildman–Crippen LogP) is 3.50. The molecule has 16 heavy (non-hydrogen) atoms. The summed E-state index contributed by atoms with van der Waals surface area (Å²) in [5.74, 6) is 0.451. The number of hydrogen-bond acceptors (Lipinski definition) is 2. The zero-order valence-corrected chi connectivity index (χ0v) is 10.8. The molecule has 0 saturated carbocycles. The third-order valence-electron chi connectivity index (χ3n) is 3.49. The summed E-state index contributed by atoms with van der Waals surface area (Å²) in [6, 6.07) is 8.67. The molecular weight excluding hydrogens is 216 g/mol. The molecule has 0 saturated heterocycles. The Morgan fingerprint density at radius 3 is 2.81 bits per heavy atom. The zero-order chi connectivity index (χ0) is 11.5. The smallest absolute Gasteiger partial charge is 0.0540 e. The van der Waals surface area contributed by atoms with Crippen molar-refractivity contribution in [3.63, 3.8) is 0 Å². The van der Waals surface area contributed by atoms with Gasteiger partial charge in [0, 0.05) is 10.1 Å². The van der Waals surface area contributed by atoms with Gasteiger partial charge in [-0.2, -0.15) is 0 Å². The summed E-state index contributed by atoms with van der Waals surface area (Å²) in [7, 11) is 0. The van der Waals surface area contributed by atoms with Gasteiger partial charge in [-0.15, -0.1) is 11.8 Å². The van der Waals surface area contributed by atoms with Gasteiger partial charge in [-0.05, 0) is 37.3 Å². The van der Waals surface area contributed by atoms with Crippen LogP contribution < -0.4 is 0 Å². The van der Waals surface area contributed by atoms with E-state index in [2.05, 4.69) is 31.2 Å². The monoisotopic (exact) mass is 236 g/mol. The highest BCUT2D eigenvalue weighted by Crippen LogP contribution is 2.40. The van der Waals surface area contributed by atoms with Crippen LogP contribution in [0.5, 0.6) is 0 Å². The van der Waals surface area contributed by atoms with Crippen LogP contribution >= 0.6 is 11.8 Å². The number of aliphatic hydroxyl groups is 1. The molecule has 0 bridgehead atoms. The molecule has 2 heteroatoms. The van der Waals surface area contributed by atoms with E-state index in [0.29, 0.717) is 11.2 Å². The van der Waals surface area contributed by atoms with Gasteiger partial charge >= 0.3 is 0 Å². The minimum absolute atomic E-state index is 0.172. The van der Waals surface area contributed by atoms with Crippen LogP contribution in [0.25, 0.3) is 0 Å². The lowest BCUT2D eigenvalue weighted by Gasteiger charge is -2.21. The Balaban J connectivity index is 1.96. The van der Waals surface area contributed by atoms with Gasteiger partial charge in [0.1, 0.15) is 0 Å². The Morgan fingerprint density at radius 1 is 1.44 bits per heavy atom. The van der Waals surface area contributed by atoms with Gasteiger partial charge in [-0.1, -0.05) is 31.5 Å². The molecule has 0 radical (unpaired) electrons. The van der Waals surface area contributed by atoms with E-state index < -0.39 is 0 Å². The average Bonchev–Trinajstić information content (AvgIpc) is 2.67. The summed E-state index contributed by atoms with van der Waals surface area (Å²) in [6.07, 6.45) is 3.21. The van der Waals surface area contributed by atoms with E-state index in [1.807, 2.05) is 18.7 Å². The predicted molar refractivity (Wildman–Crippen MR) is 69.9 cm³/mol. The molecule has 3 atom stereocenters. The van der Waals surface area contributed by atoms with E-state index in [-0.39, 0.29) is 6.10 Å². The van der Waals surface area contributed by atoms with E-state index in [1.165, 1.54) is 16.9 Å². The molecule has 88 valence electrons. The summed E-state index contributed by atoms with van der Waals surface area (Å²) < 4.78 is 0. The second-order valence-corrected chi connectivity index (χ2v) is 6.04. The molecule has 2 rings (SSSR count). The summed E-state index contributed by atoms with van der Waals surface area (Å²) in [4.78, 5) is 1.44. The maximum atomic E-state index is 9.68. The Bertz CT molecular complexity index is 323. The molecule has 0 amide bonds. The minimum atomic E-state index is -0.172. The first kappa shape index (κ1) is 12.0. The number of rotatable bonds is 4. The zero-order valence-electron chi connectivity index (χ0n) is 10.0. The molecule has 1 aliphatic rings. The topological polar surface area (TPSA) is 20.2 Å². The van der Waals surface area contributed by atoms with E-state index in [0.717, 1.165) is 12.8 Å². The Hall–Kier alpha value is -0.470. The molecule has 1 N–H and O–H groups in total. The normalized spacial score (nSPS) is 22.8. The number of hydrogen-bond donors (Lipinski definition) is 1. The summed E-state index contributed by atoms with van der Waals surface area (Å²) in [5, 5.41) is 10.3. The van der Waals surface area contributed by atoms with Crippen molar-refractivity contribution in [1.29, 1.82) is 0 Å². The van der Waals surface area contributed by atoms with E-state index in [9.17, 15) is 5.11 Å². The molecule has 0 fully saturated rings. The molecule has 0 aromatic heterocycles. The summed E-state index contributed by atoms with van der Waals surface area (Å²) >= 11 is 1.99. The fourth-order valence-electron chi connectivity index (χ4n) is 2.43. The van der Waals surface area contributed by atoms with Gasteiger partial charge in [0.05, 0.1) is 6.10 Å². The largest absolute Gasteiger partial charge is 0.393 e. The lowest BCUT2D eigenvalue weighted by molar-refractivity contribution is 0.117. The average molecular weight is 236 g/mol. The van der Waals surface area contributed by atoms with Crippen molar-refractivity contribution in [3.8, 4) is 0 Å². The van der Waals surface area contributed by atoms with Crippen LogP contribution in [-0.4, -0.2) is 16.5 Å². The van der Waals surface area contributed by atoms with Crippen molar-refractivity contribution in [1.82, 2.24) is 0 Å². The van der Waals surface area contributed by atoms with Crippen molar-refractivity contribution in [3.05, 3.63) is 29.8 Å². The third-order valence-corrected chi connectivity index (χ3v) is 4.83. The van der Waals surface area contributed by atoms with Crippen LogP contribution in [0.2, 0.25) is 0 Å². The highest BCUT2D eigenvalue weighted by Gasteiger charge is 2.25. The Labute approximate surface area is 102 Å². The lowest BCUT2D eigenvalue weighted by atomic mass is 9.93. The maximum Gasteiger partial charge on any atom is 0.0540 e. The second kappa shape index (κ2) is 5.24. The summed E-state index contributed by atoms with van der Waals surface area (Å²) in [6.45, 7) is 4.09. The van der Waals surface area contributed by atoms with Gasteiger partial charge in [-0.3, -0.25) is 0 Å². The number of thioether (sulfide) groups is 1. The SMILES string of the molecule is CCC(CC1Cc2ccccc2S1)C(C)O. The molecule has 0 aliphatic carbocycles. The van der Waals surface area contributed by atoms with Crippen LogP contribution in [0.1, 0.15) is 32.3 Å². The van der Waals surface area contributed by atoms with Crippen molar-refractivity contribution in [2.24, 2.45) is 5.92 Å². The third kappa shape index (κ3) is 2.61. The highest BCUT2D eigenvalue weighted by atomic mass is 32.2. The number of aliphatic hydroxyl groups excluding tert-OH is 1. The number of fused-ring (bicyclic) bond motifs is 1. The second-order valence-electron chi connectivity index (χ2n) is 4.70. The molecule has 1 nitrogen and oxygen atoms in total. The molecule has 0 spiro atoms. The van der Waals surface area contributed by atoms with Gasteiger partial charge in [0.15, 0.2) is 0 Å². The molecule has 1 aromatic carbocycles.